The van der Waals surface area contributed by atoms with Gasteiger partial charge in [-0.1, -0.05) is 18.2 Å². The van der Waals surface area contributed by atoms with Crippen molar-refractivity contribution in [2.24, 2.45) is 0 Å². The van der Waals surface area contributed by atoms with Crippen LogP contribution >= 0.6 is 0 Å². The lowest BCUT2D eigenvalue weighted by Crippen LogP contribution is -2.23. The van der Waals surface area contributed by atoms with Gasteiger partial charge >= 0.3 is 6.18 Å². The second kappa shape index (κ2) is 5.44. The van der Waals surface area contributed by atoms with Gasteiger partial charge in [-0.2, -0.15) is 18.3 Å². The van der Waals surface area contributed by atoms with Gasteiger partial charge in [0.25, 0.3) is 5.56 Å². The minimum Gasteiger partial charge on any atom is -0.439 e. The summed E-state index contributed by atoms with van der Waals surface area (Å²) >= 11 is 0. The molecule has 2 aromatic heterocycles. The SMILES string of the molecule is O=c1c2ccccc2cnn1Cc1nc2cc(C(F)(F)F)ccc2o1. The molecule has 0 aliphatic rings. The molecule has 0 N–H and O–H groups in total. The lowest BCUT2D eigenvalue weighted by atomic mass is 10.2. The van der Waals surface area contributed by atoms with Crippen LogP contribution in [-0.2, 0) is 12.7 Å². The Labute approximate surface area is 138 Å². The average Bonchev–Trinajstić information content (AvgIpc) is 2.98. The van der Waals surface area contributed by atoms with Crippen LogP contribution in [0.2, 0.25) is 0 Å². The van der Waals surface area contributed by atoms with E-state index in [0.29, 0.717) is 10.8 Å². The first kappa shape index (κ1) is 15.4. The number of fused-ring (bicyclic) bond motifs is 2. The van der Waals surface area contributed by atoms with E-state index in [4.69, 9.17) is 4.42 Å². The maximum atomic E-state index is 12.8. The fraction of sp³-hybridized carbons (Fsp3) is 0.118. The Morgan fingerprint density at radius 1 is 1.12 bits per heavy atom. The first-order valence-corrected chi connectivity index (χ1v) is 7.33. The highest BCUT2D eigenvalue weighted by molar-refractivity contribution is 5.80. The van der Waals surface area contributed by atoms with Gasteiger partial charge in [0.15, 0.2) is 5.58 Å². The van der Waals surface area contributed by atoms with Crippen molar-refractivity contribution < 1.29 is 17.6 Å². The summed E-state index contributed by atoms with van der Waals surface area (Å²) in [5.41, 5.74) is -0.826. The number of benzene rings is 2. The zero-order chi connectivity index (χ0) is 17.6. The number of aromatic nitrogens is 3. The van der Waals surface area contributed by atoms with Crippen molar-refractivity contribution in [3.8, 4) is 0 Å². The molecular formula is C17H10F3N3O2. The highest BCUT2D eigenvalue weighted by atomic mass is 19.4. The van der Waals surface area contributed by atoms with Crippen LogP contribution in [-0.4, -0.2) is 14.8 Å². The molecule has 126 valence electrons. The summed E-state index contributed by atoms with van der Waals surface area (Å²) in [5, 5.41) is 5.25. The van der Waals surface area contributed by atoms with Crippen LogP contribution in [0.1, 0.15) is 11.5 Å². The fourth-order valence-corrected chi connectivity index (χ4v) is 2.59. The molecule has 0 saturated heterocycles. The molecule has 0 spiro atoms. The van der Waals surface area contributed by atoms with Crippen LogP contribution in [0.25, 0.3) is 21.9 Å². The van der Waals surface area contributed by atoms with Crippen molar-refractivity contribution in [2.45, 2.75) is 12.7 Å². The minimum absolute atomic E-state index is 0.0697. The maximum absolute atomic E-state index is 12.8. The zero-order valence-corrected chi connectivity index (χ0v) is 12.6. The molecule has 4 aromatic rings. The van der Waals surface area contributed by atoms with E-state index >= 15 is 0 Å². The molecule has 0 radical (unpaired) electrons. The molecule has 0 saturated carbocycles. The van der Waals surface area contributed by atoms with Gasteiger partial charge in [0.05, 0.1) is 17.1 Å². The van der Waals surface area contributed by atoms with E-state index in [1.165, 1.54) is 6.07 Å². The van der Waals surface area contributed by atoms with Gasteiger partial charge in [-0.05, 0) is 24.3 Å². The predicted molar refractivity (Wildman–Crippen MR) is 84.1 cm³/mol. The van der Waals surface area contributed by atoms with E-state index in [1.54, 1.807) is 30.5 Å². The van der Waals surface area contributed by atoms with Gasteiger partial charge < -0.3 is 4.42 Å². The lowest BCUT2D eigenvalue weighted by molar-refractivity contribution is -0.137. The smallest absolute Gasteiger partial charge is 0.416 e. The zero-order valence-electron chi connectivity index (χ0n) is 12.6. The first-order chi connectivity index (χ1) is 11.9. The van der Waals surface area contributed by atoms with Crippen molar-refractivity contribution in [1.82, 2.24) is 14.8 Å². The van der Waals surface area contributed by atoms with E-state index in [1.807, 2.05) is 0 Å². The number of nitrogens with zero attached hydrogens (tertiary/aromatic N) is 3. The molecule has 8 heteroatoms. The topological polar surface area (TPSA) is 60.9 Å². The Hall–Kier alpha value is -3.16. The molecule has 4 rings (SSSR count). The summed E-state index contributed by atoms with van der Waals surface area (Å²) in [4.78, 5) is 16.5. The Balaban J connectivity index is 1.74. The first-order valence-electron chi connectivity index (χ1n) is 7.33. The van der Waals surface area contributed by atoms with Crippen molar-refractivity contribution in [2.75, 3.05) is 0 Å². The summed E-state index contributed by atoms with van der Waals surface area (Å²) in [6.07, 6.45) is -2.91. The molecule has 0 aliphatic carbocycles. The second-order valence-electron chi connectivity index (χ2n) is 5.48. The molecule has 0 unspecified atom stereocenters. The summed E-state index contributed by atoms with van der Waals surface area (Å²) in [7, 11) is 0. The fourth-order valence-electron chi connectivity index (χ4n) is 2.59. The van der Waals surface area contributed by atoms with Crippen LogP contribution in [0.5, 0.6) is 0 Å². The highest BCUT2D eigenvalue weighted by Gasteiger charge is 2.31. The number of halogens is 3. The second-order valence-corrected chi connectivity index (χ2v) is 5.48. The Bertz CT molecular complexity index is 1150. The summed E-state index contributed by atoms with van der Waals surface area (Å²) in [6.45, 7) is -0.0697. The van der Waals surface area contributed by atoms with Crippen LogP contribution < -0.4 is 5.56 Å². The van der Waals surface area contributed by atoms with Crippen molar-refractivity contribution in [3.05, 3.63) is 70.5 Å². The summed E-state index contributed by atoms with van der Waals surface area (Å²) in [5.74, 6) is 0.110. The molecule has 0 atom stereocenters. The standard InChI is InChI=1S/C17H10F3N3O2/c18-17(19,20)11-5-6-14-13(7-11)22-15(25-14)9-23-16(24)12-4-2-1-3-10(12)8-21-23/h1-8H,9H2. The van der Waals surface area contributed by atoms with E-state index in [-0.39, 0.29) is 29.1 Å². The lowest BCUT2D eigenvalue weighted by Gasteiger charge is -2.04. The highest BCUT2D eigenvalue weighted by Crippen LogP contribution is 2.31. The molecule has 0 amide bonds. The number of alkyl halides is 3. The number of oxazole rings is 1. The molecule has 0 fully saturated rings. The molecule has 2 heterocycles. The van der Waals surface area contributed by atoms with Crippen LogP contribution in [0, 0.1) is 0 Å². The number of rotatable bonds is 2. The van der Waals surface area contributed by atoms with Crippen LogP contribution in [0.15, 0.2) is 57.9 Å². The van der Waals surface area contributed by atoms with Gasteiger partial charge in [-0.25, -0.2) is 9.67 Å². The van der Waals surface area contributed by atoms with Crippen molar-refractivity contribution >= 4 is 21.9 Å². The summed E-state index contributed by atoms with van der Waals surface area (Å²) < 4.78 is 44.9. The number of hydrogen-bond donors (Lipinski definition) is 0. The van der Waals surface area contributed by atoms with E-state index < -0.39 is 11.7 Å². The monoisotopic (exact) mass is 345 g/mol. The minimum atomic E-state index is -4.45. The predicted octanol–water partition coefficient (Wildman–Crippen LogP) is 3.60. The molecule has 0 bridgehead atoms. The largest absolute Gasteiger partial charge is 0.439 e. The van der Waals surface area contributed by atoms with Gasteiger partial charge in [-0.3, -0.25) is 4.79 Å². The quantitative estimate of drug-likeness (QED) is 0.557. The van der Waals surface area contributed by atoms with E-state index in [0.717, 1.165) is 16.8 Å². The van der Waals surface area contributed by atoms with Gasteiger partial charge in [0.1, 0.15) is 12.1 Å². The van der Waals surface area contributed by atoms with Crippen LogP contribution in [0.3, 0.4) is 0 Å². The van der Waals surface area contributed by atoms with E-state index in [2.05, 4.69) is 10.1 Å². The molecule has 2 aromatic carbocycles. The van der Waals surface area contributed by atoms with Crippen molar-refractivity contribution in [3.63, 3.8) is 0 Å². The third-order valence-electron chi connectivity index (χ3n) is 3.81. The Morgan fingerprint density at radius 2 is 1.92 bits per heavy atom. The number of hydrogen-bond acceptors (Lipinski definition) is 4. The van der Waals surface area contributed by atoms with Gasteiger partial charge in [-0.15, -0.1) is 0 Å². The molecular weight excluding hydrogens is 335 g/mol. The third-order valence-corrected chi connectivity index (χ3v) is 3.81. The van der Waals surface area contributed by atoms with Gasteiger partial charge in [0.2, 0.25) is 5.89 Å². The Kier molecular flexibility index (Phi) is 3.34. The Morgan fingerprint density at radius 3 is 2.72 bits per heavy atom. The van der Waals surface area contributed by atoms with Gasteiger partial charge in [0, 0.05) is 5.39 Å². The normalized spacial score (nSPS) is 12.1. The summed E-state index contributed by atoms with van der Waals surface area (Å²) in [6, 6.07) is 10.0. The molecule has 25 heavy (non-hydrogen) atoms. The maximum Gasteiger partial charge on any atom is 0.416 e. The molecule has 0 aliphatic heterocycles. The van der Waals surface area contributed by atoms with Crippen LogP contribution in [0.4, 0.5) is 13.2 Å². The molecule has 5 nitrogen and oxygen atoms in total. The average molecular weight is 345 g/mol. The third kappa shape index (κ3) is 2.75. The van der Waals surface area contributed by atoms with E-state index in [9.17, 15) is 18.0 Å². The van der Waals surface area contributed by atoms with Crippen molar-refractivity contribution in [1.29, 1.82) is 0 Å².